The molecular formula is C11H11N3O2. The van der Waals surface area contributed by atoms with Crippen molar-refractivity contribution in [2.24, 2.45) is 0 Å². The molecule has 0 atom stereocenters. The van der Waals surface area contributed by atoms with Crippen molar-refractivity contribution in [1.29, 1.82) is 0 Å². The van der Waals surface area contributed by atoms with Crippen LogP contribution in [0.5, 0.6) is 0 Å². The number of carbonyl (C=O) groups is 1. The van der Waals surface area contributed by atoms with Crippen LogP contribution in [0.25, 0.3) is 0 Å². The van der Waals surface area contributed by atoms with Gasteiger partial charge in [0.1, 0.15) is 5.82 Å². The highest BCUT2D eigenvalue weighted by molar-refractivity contribution is 5.84. The van der Waals surface area contributed by atoms with Crippen LogP contribution >= 0.6 is 0 Å². The van der Waals surface area contributed by atoms with Gasteiger partial charge in [0.25, 0.3) is 0 Å². The summed E-state index contributed by atoms with van der Waals surface area (Å²) in [7, 11) is 0. The van der Waals surface area contributed by atoms with Crippen molar-refractivity contribution >= 4 is 11.8 Å². The van der Waals surface area contributed by atoms with Gasteiger partial charge in [-0.25, -0.2) is 14.8 Å². The number of terminal acetylenes is 1. The number of aromatic nitrogens is 2. The Kier molecular flexibility index (Phi) is 4.04. The fourth-order valence-corrected chi connectivity index (χ4v) is 1.10. The normalized spacial score (nSPS) is 9.19. The van der Waals surface area contributed by atoms with E-state index in [9.17, 15) is 4.79 Å². The predicted molar refractivity (Wildman–Crippen MR) is 60.2 cm³/mol. The fourth-order valence-electron chi connectivity index (χ4n) is 1.10. The molecular weight excluding hydrogens is 206 g/mol. The maximum absolute atomic E-state index is 10.6. The molecule has 1 heterocycles. The van der Waals surface area contributed by atoms with Gasteiger partial charge >= 0.3 is 5.97 Å². The highest BCUT2D eigenvalue weighted by Crippen LogP contribution is 2.08. The summed E-state index contributed by atoms with van der Waals surface area (Å²) in [5.41, 5.74) is -0.0944. The molecule has 0 aliphatic rings. The lowest BCUT2D eigenvalue weighted by Gasteiger charge is -2.18. The molecule has 0 fully saturated rings. The summed E-state index contributed by atoms with van der Waals surface area (Å²) in [4.78, 5) is 20.1. The largest absolute Gasteiger partial charge is 0.476 e. The molecule has 1 aromatic heterocycles. The average Bonchev–Trinajstić information content (AvgIpc) is 2.29. The van der Waals surface area contributed by atoms with Gasteiger partial charge in [-0.15, -0.1) is 13.0 Å². The summed E-state index contributed by atoms with van der Waals surface area (Å²) < 4.78 is 0. The number of aromatic carboxylic acids is 1. The highest BCUT2D eigenvalue weighted by Gasteiger charge is 2.08. The summed E-state index contributed by atoms with van der Waals surface area (Å²) in [6, 6.07) is 0. The molecule has 5 heteroatoms. The Bertz CT molecular complexity index is 420. The average molecular weight is 217 g/mol. The smallest absolute Gasteiger partial charge is 0.356 e. The first-order valence-corrected chi connectivity index (χ1v) is 4.53. The van der Waals surface area contributed by atoms with Crippen LogP contribution in [0.3, 0.4) is 0 Å². The van der Waals surface area contributed by atoms with Gasteiger partial charge in [-0.1, -0.05) is 12.0 Å². The molecule has 1 N–H and O–H groups in total. The van der Waals surface area contributed by atoms with E-state index in [1.54, 1.807) is 11.0 Å². The number of hydrogen-bond donors (Lipinski definition) is 1. The van der Waals surface area contributed by atoms with E-state index in [0.717, 1.165) is 0 Å². The number of nitrogens with zero attached hydrogens (tertiary/aromatic N) is 3. The van der Waals surface area contributed by atoms with E-state index in [2.05, 4.69) is 22.5 Å². The molecule has 0 unspecified atom stereocenters. The van der Waals surface area contributed by atoms with Crippen molar-refractivity contribution in [2.45, 2.75) is 0 Å². The van der Waals surface area contributed by atoms with E-state index < -0.39 is 5.97 Å². The maximum atomic E-state index is 10.6. The van der Waals surface area contributed by atoms with Crippen LogP contribution in [-0.4, -0.2) is 34.1 Å². The molecule has 0 amide bonds. The second-order valence-electron chi connectivity index (χ2n) is 2.94. The lowest BCUT2D eigenvalue weighted by molar-refractivity contribution is 0.0690. The van der Waals surface area contributed by atoms with E-state index in [4.69, 9.17) is 11.5 Å². The van der Waals surface area contributed by atoms with Crippen LogP contribution in [0.1, 0.15) is 10.5 Å². The van der Waals surface area contributed by atoms with E-state index in [1.807, 2.05) is 0 Å². The summed E-state index contributed by atoms with van der Waals surface area (Å²) in [6.07, 6.45) is 9.47. The van der Waals surface area contributed by atoms with Crippen LogP contribution < -0.4 is 4.90 Å². The molecule has 0 bridgehead atoms. The van der Waals surface area contributed by atoms with Gasteiger partial charge in [-0.2, -0.15) is 0 Å². The van der Waals surface area contributed by atoms with Crippen molar-refractivity contribution in [1.82, 2.24) is 9.97 Å². The van der Waals surface area contributed by atoms with Crippen LogP contribution in [0.2, 0.25) is 0 Å². The number of anilines is 1. The minimum atomic E-state index is -1.11. The monoisotopic (exact) mass is 217 g/mol. The number of carboxylic acid groups (broad SMARTS) is 1. The fraction of sp³-hybridized carbons (Fsp3) is 0.182. The van der Waals surface area contributed by atoms with Crippen LogP contribution in [0.4, 0.5) is 5.82 Å². The van der Waals surface area contributed by atoms with Crippen molar-refractivity contribution in [3.8, 4) is 12.3 Å². The SMILES string of the molecule is C#CCN(CC=C)c1cnc(C(=O)O)cn1. The number of rotatable bonds is 5. The molecule has 0 aliphatic heterocycles. The molecule has 1 aromatic rings. The molecule has 16 heavy (non-hydrogen) atoms. The van der Waals surface area contributed by atoms with Gasteiger partial charge in [-0.3, -0.25) is 0 Å². The highest BCUT2D eigenvalue weighted by atomic mass is 16.4. The third kappa shape index (κ3) is 2.82. The predicted octanol–water partition coefficient (Wildman–Crippen LogP) is 0.800. The minimum absolute atomic E-state index is 0.0944. The molecule has 0 aliphatic carbocycles. The van der Waals surface area contributed by atoms with Gasteiger partial charge in [0.2, 0.25) is 0 Å². The van der Waals surface area contributed by atoms with Gasteiger partial charge in [0.15, 0.2) is 5.69 Å². The van der Waals surface area contributed by atoms with Gasteiger partial charge < -0.3 is 10.0 Å². The van der Waals surface area contributed by atoms with E-state index in [-0.39, 0.29) is 5.69 Å². The zero-order valence-corrected chi connectivity index (χ0v) is 8.63. The molecule has 0 saturated carbocycles. The summed E-state index contributed by atoms with van der Waals surface area (Å²) in [5, 5.41) is 8.66. The zero-order valence-electron chi connectivity index (χ0n) is 8.63. The van der Waals surface area contributed by atoms with Crippen LogP contribution in [-0.2, 0) is 0 Å². The van der Waals surface area contributed by atoms with Crippen LogP contribution in [0, 0.1) is 12.3 Å². The molecule has 1 rings (SSSR count). The van der Waals surface area contributed by atoms with Crippen LogP contribution in [0.15, 0.2) is 25.0 Å². The van der Waals surface area contributed by atoms with E-state index >= 15 is 0 Å². The molecule has 0 radical (unpaired) electrons. The number of hydrogen-bond acceptors (Lipinski definition) is 4. The zero-order chi connectivity index (χ0) is 12.0. The summed E-state index contributed by atoms with van der Waals surface area (Å²) in [6.45, 7) is 4.50. The Morgan fingerprint density at radius 1 is 1.62 bits per heavy atom. The Morgan fingerprint density at radius 2 is 2.38 bits per heavy atom. The Balaban J connectivity index is 2.89. The van der Waals surface area contributed by atoms with E-state index in [0.29, 0.717) is 18.9 Å². The van der Waals surface area contributed by atoms with Crippen molar-refractivity contribution in [3.05, 3.63) is 30.7 Å². The van der Waals surface area contributed by atoms with Crippen molar-refractivity contribution in [3.63, 3.8) is 0 Å². The lowest BCUT2D eigenvalue weighted by Crippen LogP contribution is -2.24. The molecule has 82 valence electrons. The summed E-state index contributed by atoms with van der Waals surface area (Å²) >= 11 is 0. The van der Waals surface area contributed by atoms with Gasteiger partial charge in [0, 0.05) is 6.54 Å². The van der Waals surface area contributed by atoms with Gasteiger partial charge in [0.05, 0.1) is 18.9 Å². The van der Waals surface area contributed by atoms with Gasteiger partial charge in [-0.05, 0) is 0 Å². The molecule has 0 saturated heterocycles. The quantitative estimate of drug-likeness (QED) is 0.583. The summed E-state index contributed by atoms with van der Waals surface area (Å²) in [5.74, 6) is 1.91. The second kappa shape index (κ2) is 5.51. The van der Waals surface area contributed by atoms with Crippen molar-refractivity contribution < 1.29 is 9.90 Å². The maximum Gasteiger partial charge on any atom is 0.356 e. The molecule has 5 nitrogen and oxygen atoms in total. The first kappa shape index (κ1) is 11.7. The Morgan fingerprint density at radius 3 is 2.81 bits per heavy atom. The molecule has 0 spiro atoms. The number of carboxylic acids is 1. The first-order valence-electron chi connectivity index (χ1n) is 4.53. The lowest BCUT2D eigenvalue weighted by atomic mass is 10.4. The topological polar surface area (TPSA) is 66.3 Å². The Hall–Kier alpha value is -2.35. The van der Waals surface area contributed by atoms with Crippen molar-refractivity contribution in [2.75, 3.05) is 18.0 Å². The minimum Gasteiger partial charge on any atom is -0.476 e. The first-order chi connectivity index (χ1) is 7.69. The van der Waals surface area contributed by atoms with E-state index in [1.165, 1.54) is 12.4 Å². The standard InChI is InChI=1S/C11H11N3O2/c1-3-5-14(6-4-2)10-8-12-9(7-13-10)11(15)16/h1,4,7-8H,2,5-6H2,(H,15,16). The molecule has 0 aromatic carbocycles. The third-order valence-corrected chi connectivity index (χ3v) is 1.81. The second-order valence-corrected chi connectivity index (χ2v) is 2.94. The third-order valence-electron chi connectivity index (χ3n) is 1.81. The Labute approximate surface area is 93.5 Å².